The molecule has 29 heavy (non-hydrogen) atoms. The van der Waals surface area contributed by atoms with Crippen LogP contribution < -0.4 is 4.18 Å². The van der Waals surface area contributed by atoms with E-state index in [0.717, 1.165) is 31.2 Å². The lowest BCUT2D eigenvalue weighted by atomic mass is 10.1. The van der Waals surface area contributed by atoms with Gasteiger partial charge < -0.3 is 9.08 Å². The van der Waals surface area contributed by atoms with E-state index < -0.39 is 10.1 Å². The Morgan fingerprint density at radius 2 is 1.76 bits per heavy atom. The number of rotatable bonds is 9. The fourth-order valence-electron chi connectivity index (χ4n) is 3.50. The van der Waals surface area contributed by atoms with Gasteiger partial charge in [0.2, 0.25) is 5.91 Å². The van der Waals surface area contributed by atoms with Gasteiger partial charge in [-0.2, -0.15) is 8.42 Å². The largest absolute Gasteiger partial charge is 0.383 e. The van der Waals surface area contributed by atoms with Crippen molar-refractivity contribution in [3.63, 3.8) is 0 Å². The van der Waals surface area contributed by atoms with Crippen LogP contribution in [0.3, 0.4) is 0 Å². The molecule has 1 aliphatic rings. The second-order valence-corrected chi connectivity index (χ2v) is 9.81. The maximum absolute atomic E-state index is 13.2. The van der Waals surface area contributed by atoms with Gasteiger partial charge in [-0.3, -0.25) is 4.79 Å². The van der Waals surface area contributed by atoms with Crippen LogP contribution in [0.25, 0.3) is 0 Å². The Balaban J connectivity index is 1.68. The van der Waals surface area contributed by atoms with Crippen LogP contribution in [0.2, 0.25) is 0 Å². The Bertz CT molecular complexity index is 923. The standard InChI is InChI=1S/C23H29NO4S/c1-17(2)13-14-24(16-18-9-11-20(12-10-18)28-29(3,26)27)23(25)22-15-21(22)19-7-5-4-6-8-19/h4-12,17,21-22H,13-16H2,1-3H3/t21-,22+/m0/s1. The second kappa shape index (κ2) is 8.99. The zero-order valence-electron chi connectivity index (χ0n) is 17.2. The van der Waals surface area contributed by atoms with Crippen LogP contribution in [0.1, 0.15) is 43.7 Å². The summed E-state index contributed by atoms with van der Waals surface area (Å²) in [6.45, 7) is 5.55. The summed E-state index contributed by atoms with van der Waals surface area (Å²) >= 11 is 0. The van der Waals surface area contributed by atoms with Gasteiger partial charge in [0.05, 0.1) is 6.26 Å². The Hall–Kier alpha value is -2.34. The minimum absolute atomic E-state index is 0.0532. The Kier molecular flexibility index (Phi) is 6.63. The summed E-state index contributed by atoms with van der Waals surface area (Å²) in [6, 6.07) is 17.1. The van der Waals surface area contributed by atoms with E-state index in [-0.39, 0.29) is 17.6 Å². The quantitative estimate of drug-likeness (QED) is 0.576. The first-order chi connectivity index (χ1) is 13.7. The highest BCUT2D eigenvalue weighted by molar-refractivity contribution is 7.86. The number of carbonyl (C=O) groups is 1. The molecule has 156 valence electrons. The minimum atomic E-state index is -3.54. The average molecular weight is 416 g/mol. The molecular weight excluding hydrogens is 386 g/mol. The maximum atomic E-state index is 13.2. The first-order valence-corrected chi connectivity index (χ1v) is 11.9. The van der Waals surface area contributed by atoms with Crippen LogP contribution in [0.15, 0.2) is 54.6 Å². The van der Waals surface area contributed by atoms with E-state index in [0.29, 0.717) is 18.4 Å². The lowest BCUT2D eigenvalue weighted by Gasteiger charge is -2.24. The van der Waals surface area contributed by atoms with Crippen molar-refractivity contribution in [2.75, 3.05) is 12.8 Å². The molecule has 0 bridgehead atoms. The van der Waals surface area contributed by atoms with Crippen molar-refractivity contribution in [2.24, 2.45) is 11.8 Å². The van der Waals surface area contributed by atoms with Crippen molar-refractivity contribution < 1.29 is 17.4 Å². The minimum Gasteiger partial charge on any atom is -0.383 e. The lowest BCUT2D eigenvalue weighted by Crippen LogP contribution is -2.33. The molecule has 6 heteroatoms. The highest BCUT2D eigenvalue weighted by Gasteiger charge is 2.45. The van der Waals surface area contributed by atoms with Crippen molar-refractivity contribution in [1.82, 2.24) is 4.90 Å². The van der Waals surface area contributed by atoms with E-state index >= 15 is 0 Å². The van der Waals surface area contributed by atoms with Crippen LogP contribution in [-0.4, -0.2) is 32.0 Å². The molecule has 1 aliphatic carbocycles. The molecule has 1 amide bonds. The average Bonchev–Trinajstić information content (AvgIpc) is 3.46. The molecule has 2 atom stereocenters. The zero-order chi connectivity index (χ0) is 21.0. The number of benzene rings is 2. The van der Waals surface area contributed by atoms with Crippen LogP contribution in [0, 0.1) is 11.8 Å². The Morgan fingerprint density at radius 3 is 2.34 bits per heavy atom. The van der Waals surface area contributed by atoms with Gasteiger partial charge in [0.1, 0.15) is 5.75 Å². The summed E-state index contributed by atoms with van der Waals surface area (Å²) in [5.74, 6) is 1.37. The summed E-state index contributed by atoms with van der Waals surface area (Å²) in [5.41, 5.74) is 2.19. The number of amides is 1. The maximum Gasteiger partial charge on any atom is 0.306 e. The van der Waals surface area contributed by atoms with E-state index in [1.165, 1.54) is 5.56 Å². The Morgan fingerprint density at radius 1 is 1.10 bits per heavy atom. The van der Waals surface area contributed by atoms with Gasteiger partial charge in [0.15, 0.2) is 0 Å². The molecule has 0 heterocycles. The molecular formula is C23H29NO4S. The SMILES string of the molecule is CC(C)CCN(Cc1ccc(OS(C)(=O)=O)cc1)C(=O)[C@@H]1C[C@H]1c1ccccc1. The molecule has 0 N–H and O–H groups in total. The first kappa shape index (κ1) is 21.4. The third kappa shape index (κ3) is 6.32. The topological polar surface area (TPSA) is 63.7 Å². The molecule has 1 saturated carbocycles. The van der Waals surface area contributed by atoms with Gasteiger partial charge in [-0.1, -0.05) is 56.3 Å². The van der Waals surface area contributed by atoms with E-state index in [9.17, 15) is 13.2 Å². The van der Waals surface area contributed by atoms with Crippen molar-refractivity contribution >= 4 is 16.0 Å². The molecule has 0 saturated heterocycles. The summed E-state index contributed by atoms with van der Waals surface area (Å²) < 4.78 is 27.4. The highest BCUT2D eigenvalue weighted by atomic mass is 32.2. The number of carbonyl (C=O) groups excluding carboxylic acids is 1. The summed E-state index contributed by atoms with van der Waals surface area (Å²) in [6.07, 6.45) is 2.87. The van der Waals surface area contributed by atoms with E-state index in [1.807, 2.05) is 35.2 Å². The molecule has 2 aromatic rings. The monoisotopic (exact) mass is 415 g/mol. The molecule has 0 aliphatic heterocycles. The van der Waals surface area contributed by atoms with Gasteiger partial charge in [-0.15, -0.1) is 0 Å². The fourth-order valence-corrected chi connectivity index (χ4v) is 3.96. The van der Waals surface area contributed by atoms with Gasteiger partial charge >= 0.3 is 10.1 Å². The van der Waals surface area contributed by atoms with Crippen molar-refractivity contribution in [2.45, 2.75) is 39.2 Å². The highest BCUT2D eigenvalue weighted by Crippen LogP contribution is 2.48. The second-order valence-electron chi connectivity index (χ2n) is 8.23. The third-order valence-corrected chi connectivity index (χ3v) is 5.66. The van der Waals surface area contributed by atoms with Crippen molar-refractivity contribution in [3.8, 4) is 5.75 Å². The van der Waals surface area contributed by atoms with Crippen LogP contribution in [0.5, 0.6) is 5.75 Å². The van der Waals surface area contributed by atoms with E-state index in [2.05, 4.69) is 26.0 Å². The number of hydrogen-bond donors (Lipinski definition) is 0. The molecule has 0 unspecified atom stereocenters. The predicted molar refractivity (Wildman–Crippen MR) is 114 cm³/mol. The summed E-state index contributed by atoms with van der Waals surface area (Å²) in [4.78, 5) is 15.1. The van der Waals surface area contributed by atoms with E-state index in [1.54, 1.807) is 12.1 Å². The fraction of sp³-hybridized carbons (Fsp3) is 0.435. The van der Waals surface area contributed by atoms with Gasteiger partial charge in [-0.25, -0.2) is 0 Å². The van der Waals surface area contributed by atoms with Crippen molar-refractivity contribution in [3.05, 3.63) is 65.7 Å². The summed E-state index contributed by atoms with van der Waals surface area (Å²) in [5, 5.41) is 0. The molecule has 2 aromatic carbocycles. The predicted octanol–water partition coefficient (Wildman–Crippen LogP) is 4.20. The molecule has 3 rings (SSSR count). The van der Waals surface area contributed by atoms with Gasteiger partial charge in [0, 0.05) is 19.0 Å². The molecule has 1 fully saturated rings. The van der Waals surface area contributed by atoms with Crippen LogP contribution in [0.4, 0.5) is 0 Å². The molecule has 5 nitrogen and oxygen atoms in total. The van der Waals surface area contributed by atoms with E-state index in [4.69, 9.17) is 4.18 Å². The van der Waals surface area contributed by atoms with Crippen LogP contribution >= 0.6 is 0 Å². The molecule has 0 spiro atoms. The smallest absolute Gasteiger partial charge is 0.306 e. The zero-order valence-corrected chi connectivity index (χ0v) is 18.1. The Labute approximate surface area is 173 Å². The number of hydrogen-bond acceptors (Lipinski definition) is 4. The van der Waals surface area contributed by atoms with Gasteiger partial charge in [-0.05, 0) is 47.9 Å². The first-order valence-electron chi connectivity index (χ1n) is 10.0. The normalized spacial score (nSPS) is 18.5. The lowest BCUT2D eigenvalue weighted by molar-refractivity contribution is -0.133. The van der Waals surface area contributed by atoms with Gasteiger partial charge in [0.25, 0.3) is 0 Å². The van der Waals surface area contributed by atoms with Crippen molar-refractivity contribution in [1.29, 1.82) is 0 Å². The number of nitrogens with zero attached hydrogens (tertiary/aromatic N) is 1. The molecule has 0 radical (unpaired) electrons. The van der Waals surface area contributed by atoms with Crippen LogP contribution in [-0.2, 0) is 21.5 Å². The third-order valence-electron chi connectivity index (χ3n) is 5.17. The molecule has 0 aromatic heterocycles. The summed E-state index contributed by atoms with van der Waals surface area (Å²) in [7, 11) is -3.54.